The van der Waals surface area contributed by atoms with Crippen LogP contribution in [0.5, 0.6) is 11.5 Å². The van der Waals surface area contributed by atoms with Gasteiger partial charge in [0.1, 0.15) is 0 Å². The van der Waals surface area contributed by atoms with Crippen LogP contribution in [0.1, 0.15) is 57.9 Å². The van der Waals surface area contributed by atoms with E-state index >= 15 is 0 Å². The van der Waals surface area contributed by atoms with Crippen molar-refractivity contribution in [3.05, 3.63) is 23.8 Å². The number of rotatable bonds is 12. The standard InChI is InChI=1S/C26H41F2N3O5/c1-18(2)15-20(16-29-3)30-24(32)31-13-8-9-19(17-31)25(33,12-5-6-14-34-4)21-10-7-11-22-23(21)36-26(27,28)35-22/h7,10-11,18-20,29,33H,5-6,8-9,12-17H2,1-4H3,(H,30,32)/t19-,20?,25+/m1/s1. The molecule has 0 spiro atoms. The van der Waals surface area contributed by atoms with Gasteiger partial charge in [-0.3, -0.25) is 0 Å². The summed E-state index contributed by atoms with van der Waals surface area (Å²) in [6, 6.07) is 4.42. The highest BCUT2D eigenvalue weighted by Crippen LogP contribution is 2.50. The van der Waals surface area contributed by atoms with E-state index in [0.717, 1.165) is 6.42 Å². The third-order valence-corrected chi connectivity index (χ3v) is 6.97. The molecule has 204 valence electrons. The molecule has 8 nitrogen and oxygen atoms in total. The molecule has 1 saturated heterocycles. The predicted octanol–water partition coefficient (Wildman–Crippen LogP) is 4.07. The Morgan fingerprint density at radius 1 is 1.33 bits per heavy atom. The van der Waals surface area contributed by atoms with Crippen molar-refractivity contribution in [2.75, 3.05) is 40.4 Å². The molecule has 2 aliphatic heterocycles. The number of ether oxygens (including phenoxy) is 3. The second-order valence-corrected chi connectivity index (χ2v) is 10.3. The minimum absolute atomic E-state index is 0.0130. The maximum absolute atomic E-state index is 13.9. The lowest BCUT2D eigenvalue weighted by Gasteiger charge is -2.43. The van der Waals surface area contributed by atoms with Gasteiger partial charge in [-0.2, -0.15) is 0 Å². The first kappa shape index (κ1) is 28.4. The van der Waals surface area contributed by atoms with E-state index in [1.807, 2.05) is 7.05 Å². The number of nitrogens with zero attached hydrogens (tertiary/aromatic N) is 1. The zero-order chi connectivity index (χ0) is 26.3. The Hall–Kier alpha value is -2.17. The number of likely N-dealkylation sites (tertiary alicyclic amines) is 1. The van der Waals surface area contributed by atoms with E-state index in [0.29, 0.717) is 64.3 Å². The quantitative estimate of drug-likeness (QED) is 0.365. The van der Waals surface area contributed by atoms with E-state index in [4.69, 9.17) is 9.47 Å². The summed E-state index contributed by atoms with van der Waals surface area (Å²) in [5.41, 5.74) is -1.21. The van der Waals surface area contributed by atoms with Crippen molar-refractivity contribution < 1.29 is 32.9 Å². The number of hydrogen-bond donors (Lipinski definition) is 3. The molecule has 2 heterocycles. The molecule has 0 radical (unpaired) electrons. The number of likely N-dealkylation sites (N-methyl/N-ethyl adjacent to an activating group) is 1. The summed E-state index contributed by atoms with van der Waals surface area (Å²) in [5, 5.41) is 18.4. The van der Waals surface area contributed by atoms with Crippen LogP contribution in [0.25, 0.3) is 0 Å². The van der Waals surface area contributed by atoms with Crippen molar-refractivity contribution >= 4 is 6.03 Å². The topological polar surface area (TPSA) is 92.3 Å². The number of urea groups is 1. The average molecular weight is 514 g/mol. The molecule has 2 aliphatic rings. The van der Waals surface area contributed by atoms with E-state index in [-0.39, 0.29) is 35.1 Å². The largest absolute Gasteiger partial charge is 0.586 e. The van der Waals surface area contributed by atoms with E-state index in [1.54, 1.807) is 24.1 Å². The number of benzene rings is 1. The lowest BCUT2D eigenvalue weighted by atomic mass is 9.73. The zero-order valence-electron chi connectivity index (χ0n) is 21.8. The maximum atomic E-state index is 13.9. The number of amides is 2. The van der Waals surface area contributed by atoms with Gasteiger partial charge in [-0.15, -0.1) is 8.78 Å². The van der Waals surface area contributed by atoms with Gasteiger partial charge >= 0.3 is 12.3 Å². The van der Waals surface area contributed by atoms with Gasteiger partial charge in [0.15, 0.2) is 11.5 Å². The van der Waals surface area contributed by atoms with Gasteiger partial charge in [0, 0.05) is 50.9 Å². The highest BCUT2D eigenvalue weighted by Gasteiger charge is 2.49. The molecular weight excluding hydrogens is 472 g/mol. The van der Waals surface area contributed by atoms with Gasteiger partial charge in [-0.1, -0.05) is 26.0 Å². The average Bonchev–Trinajstić information content (AvgIpc) is 3.15. The summed E-state index contributed by atoms with van der Waals surface area (Å²) in [7, 11) is 3.47. The van der Waals surface area contributed by atoms with Gasteiger partial charge in [-0.25, -0.2) is 4.79 Å². The van der Waals surface area contributed by atoms with Crippen molar-refractivity contribution in [3.8, 4) is 11.5 Å². The summed E-state index contributed by atoms with van der Waals surface area (Å²) in [6.07, 6.45) is 0.0459. The number of para-hydroxylation sites is 1. The van der Waals surface area contributed by atoms with Crippen molar-refractivity contribution in [3.63, 3.8) is 0 Å². The molecule has 3 N–H and O–H groups in total. The van der Waals surface area contributed by atoms with Crippen LogP contribution in [0.3, 0.4) is 0 Å². The minimum atomic E-state index is -3.79. The Kier molecular flexibility index (Phi) is 9.77. The first-order valence-corrected chi connectivity index (χ1v) is 12.9. The number of piperidine rings is 1. The lowest BCUT2D eigenvalue weighted by Crippen LogP contribution is -2.54. The van der Waals surface area contributed by atoms with Crippen molar-refractivity contribution in [2.24, 2.45) is 11.8 Å². The van der Waals surface area contributed by atoms with Crippen LogP contribution in [0.4, 0.5) is 13.6 Å². The second-order valence-electron chi connectivity index (χ2n) is 10.3. The van der Waals surface area contributed by atoms with Crippen LogP contribution in [0.15, 0.2) is 18.2 Å². The monoisotopic (exact) mass is 513 g/mol. The molecular formula is C26H41F2N3O5. The van der Waals surface area contributed by atoms with Gasteiger partial charge in [0.25, 0.3) is 0 Å². The molecule has 1 unspecified atom stereocenters. The Bertz CT molecular complexity index is 872. The van der Waals surface area contributed by atoms with E-state index < -0.39 is 11.9 Å². The van der Waals surface area contributed by atoms with Gasteiger partial charge in [-0.05, 0) is 57.6 Å². The SMILES string of the molecule is CNCC(CC(C)C)NC(=O)N1CCC[C@@H]([C@@](O)(CCCCOC)c2cccc3c2OC(F)(F)O3)C1. The molecule has 1 aromatic rings. The third kappa shape index (κ3) is 6.98. The zero-order valence-corrected chi connectivity index (χ0v) is 21.8. The fourth-order valence-corrected chi connectivity index (χ4v) is 5.34. The lowest BCUT2D eigenvalue weighted by molar-refractivity contribution is -0.287. The molecule has 0 aliphatic carbocycles. The predicted molar refractivity (Wildman–Crippen MR) is 132 cm³/mol. The minimum Gasteiger partial charge on any atom is -0.395 e. The number of fused-ring (bicyclic) bond motifs is 1. The Morgan fingerprint density at radius 3 is 2.81 bits per heavy atom. The van der Waals surface area contributed by atoms with Crippen LogP contribution in [0.2, 0.25) is 0 Å². The van der Waals surface area contributed by atoms with E-state index in [1.165, 1.54) is 6.07 Å². The van der Waals surface area contributed by atoms with E-state index in [9.17, 15) is 18.7 Å². The van der Waals surface area contributed by atoms with Crippen LogP contribution in [-0.2, 0) is 10.3 Å². The smallest absolute Gasteiger partial charge is 0.395 e. The van der Waals surface area contributed by atoms with Crippen LogP contribution in [0, 0.1) is 11.8 Å². The Balaban J connectivity index is 1.83. The summed E-state index contributed by atoms with van der Waals surface area (Å²) in [6.45, 7) is 6.29. The van der Waals surface area contributed by atoms with Crippen LogP contribution < -0.4 is 20.1 Å². The molecule has 36 heavy (non-hydrogen) atoms. The number of methoxy groups -OCH3 is 1. The number of unbranched alkanes of at least 4 members (excludes halogenated alkanes) is 1. The first-order chi connectivity index (χ1) is 17.1. The van der Waals surface area contributed by atoms with Gasteiger partial charge in [0.2, 0.25) is 0 Å². The molecule has 1 aromatic carbocycles. The van der Waals surface area contributed by atoms with Crippen LogP contribution in [-0.4, -0.2) is 68.8 Å². The third-order valence-electron chi connectivity index (χ3n) is 6.97. The van der Waals surface area contributed by atoms with E-state index in [2.05, 4.69) is 29.2 Å². The molecule has 0 bridgehead atoms. The number of halogens is 2. The normalized spacial score (nSPS) is 21.3. The Morgan fingerprint density at radius 2 is 2.11 bits per heavy atom. The van der Waals surface area contributed by atoms with Gasteiger partial charge in [0.05, 0.1) is 5.60 Å². The van der Waals surface area contributed by atoms with Gasteiger partial charge < -0.3 is 34.9 Å². The van der Waals surface area contributed by atoms with Crippen molar-refractivity contribution in [2.45, 2.75) is 70.3 Å². The summed E-state index contributed by atoms with van der Waals surface area (Å²) in [4.78, 5) is 14.9. The maximum Gasteiger partial charge on any atom is 0.586 e. The highest BCUT2D eigenvalue weighted by molar-refractivity contribution is 5.74. The number of carbonyl (C=O) groups is 1. The highest BCUT2D eigenvalue weighted by atomic mass is 19.3. The molecule has 10 heteroatoms. The first-order valence-electron chi connectivity index (χ1n) is 12.9. The molecule has 0 saturated carbocycles. The number of alkyl halides is 2. The summed E-state index contributed by atoms with van der Waals surface area (Å²) >= 11 is 0. The number of hydrogen-bond acceptors (Lipinski definition) is 6. The molecule has 3 atom stereocenters. The fraction of sp³-hybridized carbons (Fsp3) is 0.731. The number of carbonyl (C=O) groups excluding carboxylic acids is 1. The van der Waals surface area contributed by atoms with Crippen molar-refractivity contribution in [1.29, 1.82) is 0 Å². The van der Waals surface area contributed by atoms with Crippen molar-refractivity contribution in [1.82, 2.24) is 15.5 Å². The summed E-state index contributed by atoms with van der Waals surface area (Å²) < 4.78 is 42.5. The molecule has 0 aromatic heterocycles. The molecule has 2 amide bonds. The number of aliphatic hydroxyl groups is 1. The molecule has 1 fully saturated rings. The van der Waals surface area contributed by atoms with Crippen LogP contribution >= 0.6 is 0 Å². The fourth-order valence-electron chi connectivity index (χ4n) is 5.34. The molecule has 3 rings (SSSR count). The number of nitrogens with one attached hydrogen (secondary N) is 2. The second kappa shape index (κ2) is 12.4. The Labute approximate surface area is 212 Å². The summed E-state index contributed by atoms with van der Waals surface area (Å²) in [5.74, 6) is -0.168.